The number of aromatic nitrogens is 1. The lowest BCUT2D eigenvalue weighted by molar-refractivity contribution is -0.137. The summed E-state index contributed by atoms with van der Waals surface area (Å²) in [5, 5.41) is 12.0. The zero-order valence-electron chi connectivity index (χ0n) is 15.1. The maximum atomic E-state index is 11.4. The van der Waals surface area contributed by atoms with Crippen LogP contribution in [0.2, 0.25) is 0 Å². The van der Waals surface area contributed by atoms with Crippen LogP contribution in [0.4, 0.5) is 0 Å². The van der Waals surface area contributed by atoms with Gasteiger partial charge in [0.25, 0.3) is 0 Å². The van der Waals surface area contributed by atoms with Crippen molar-refractivity contribution in [2.24, 2.45) is 0 Å². The summed E-state index contributed by atoms with van der Waals surface area (Å²) >= 11 is 1.46. The lowest BCUT2D eigenvalue weighted by Gasteiger charge is -2.20. The molecule has 28 heavy (non-hydrogen) atoms. The van der Waals surface area contributed by atoms with Crippen molar-refractivity contribution >= 4 is 23.1 Å². The van der Waals surface area contributed by atoms with Gasteiger partial charge in [-0.2, -0.15) is 0 Å². The van der Waals surface area contributed by atoms with Crippen LogP contribution in [0.3, 0.4) is 0 Å². The predicted molar refractivity (Wildman–Crippen MR) is 107 cm³/mol. The minimum atomic E-state index is -0.857. The molecule has 4 rings (SSSR count). The van der Waals surface area contributed by atoms with Crippen molar-refractivity contribution in [3.05, 3.63) is 94.1 Å². The van der Waals surface area contributed by atoms with E-state index in [9.17, 15) is 9.90 Å². The van der Waals surface area contributed by atoms with Crippen LogP contribution in [0, 0.1) is 0 Å². The summed E-state index contributed by atoms with van der Waals surface area (Å²) in [7, 11) is 0. The molecule has 1 aliphatic carbocycles. The second-order valence-corrected chi connectivity index (χ2v) is 7.43. The van der Waals surface area contributed by atoms with Gasteiger partial charge in [-0.25, -0.2) is 4.98 Å². The van der Waals surface area contributed by atoms with Crippen molar-refractivity contribution < 1.29 is 19.4 Å². The summed E-state index contributed by atoms with van der Waals surface area (Å²) in [5.74, 6) is 0.144. The van der Waals surface area contributed by atoms with Crippen LogP contribution in [0.15, 0.2) is 77.9 Å². The van der Waals surface area contributed by atoms with Crippen LogP contribution >= 0.6 is 11.3 Å². The Labute approximate surface area is 167 Å². The molecule has 1 aromatic heterocycles. The molecule has 6 heteroatoms. The van der Waals surface area contributed by atoms with Crippen molar-refractivity contribution in [3.8, 4) is 0 Å². The average molecular weight is 393 g/mol. The minimum Gasteiger partial charge on any atom is -0.481 e. The van der Waals surface area contributed by atoms with E-state index in [1.807, 2.05) is 41.8 Å². The van der Waals surface area contributed by atoms with E-state index in [1.165, 1.54) is 11.3 Å². The highest BCUT2D eigenvalue weighted by molar-refractivity contribution is 7.09. The van der Waals surface area contributed by atoms with Crippen LogP contribution in [-0.4, -0.2) is 16.1 Å². The third-order valence-electron chi connectivity index (χ3n) is 4.60. The Hall–Kier alpha value is -3.12. The summed E-state index contributed by atoms with van der Waals surface area (Å²) in [6, 6.07) is 7.70. The third kappa shape index (κ3) is 4.07. The molecular weight excluding hydrogens is 374 g/mol. The van der Waals surface area contributed by atoms with E-state index < -0.39 is 5.97 Å². The molecule has 1 atom stereocenters. The number of nitrogens with zero attached hydrogens (tertiary/aromatic N) is 1. The first kappa shape index (κ1) is 18.3. The number of ether oxygens (including phenoxy) is 2. The van der Waals surface area contributed by atoms with Crippen molar-refractivity contribution in [3.63, 3.8) is 0 Å². The largest absolute Gasteiger partial charge is 0.481 e. The molecule has 0 amide bonds. The number of allylic oxidation sites excluding steroid dienone is 4. The first-order valence-corrected chi connectivity index (χ1v) is 9.90. The second kappa shape index (κ2) is 8.27. The number of carboxylic acid groups (broad SMARTS) is 1. The number of benzene rings is 1. The molecule has 0 bridgehead atoms. The Morgan fingerprint density at radius 3 is 2.93 bits per heavy atom. The fraction of sp³-hybridized carbons (Fsp3) is 0.182. The van der Waals surface area contributed by atoms with E-state index in [2.05, 4.69) is 11.1 Å². The van der Waals surface area contributed by atoms with Gasteiger partial charge in [0.15, 0.2) is 11.5 Å². The number of hydrogen-bond acceptors (Lipinski definition) is 5. The predicted octanol–water partition coefficient (Wildman–Crippen LogP) is 5.21. The van der Waals surface area contributed by atoms with E-state index in [-0.39, 0.29) is 12.3 Å². The van der Waals surface area contributed by atoms with Crippen LogP contribution in [0.25, 0.3) is 5.76 Å². The molecule has 5 nitrogen and oxygen atoms in total. The first-order valence-electron chi connectivity index (χ1n) is 9.02. The fourth-order valence-electron chi connectivity index (χ4n) is 3.24. The Morgan fingerprint density at radius 2 is 2.18 bits per heavy atom. The Balaban J connectivity index is 1.60. The number of rotatable bonds is 6. The quantitative estimate of drug-likeness (QED) is 0.729. The van der Waals surface area contributed by atoms with Gasteiger partial charge in [0.2, 0.25) is 0 Å². The summed E-state index contributed by atoms with van der Waals surface area (Å²) in [5.41, 5.74) is 2.81. The molecule has 1 unspecified atom stereocenters. The number of carbonyl (C=O) groups is 1. The fourth-order valence-corrected chi connectivity index (χ4v) is 4.00. The smallest absolute Gasteiger partial charge is 0.304 e. The lowest BCUT2D eigenvalue weighted by Crippen LogP contribution is -2.08. The van der Waals surface area contributed by atoms with E-state index in [1.54, 1.807) is 18.7 Å². The molecular formula is C22H19NO4S. The van der Waals surface area contributed by atoms with Crippen LogP contribution < -0.4 is 0 Å². The molecule has 142 valence electrons. The van der Waals surface area contributed by atoms with Gasteiger partial charge in [-0.15, -0.1) is 11.3 Å². The zero-order chi connectivity index (χ0) is 19.3. The van der Waals surface area contributed by atoms with Gasteiger partial charge in [0.1, 0.15) is 17.5 Å². The Morgan fingerprint density at radius 1 is 1.29 bits per heavy atom. The van der Waals surface area contributed by atoms with Crippen molar-refractivity contribution in [1.29, 1.82) is 0 Å². The molecule has 1 aromatic carbocycles. The number of thiazole rings is 1. The highest BCUT2D eigenvalue weighted by Crippen LogP contribution is 2.34. The van der Waals surface area contributed by atoms with E-state index in [4.69, 9.17) is 9.47 Å². The van der Waals surface area contributed by atoms with Gasteiger partial charge in [-0.05, 0) is 30.0 Å². The molecule has 2 aliphatic rings. The summed E-state index contributed by atoms with van der Waals surface area (Å²) in [6.45, 7) is 0. The maximum Gasteiger partial charge on any atom is 0.304 e. The zero-order valence-corrected chi connectivity index (χ0v) is 15.9. The molecule has 2 aromatic rings. The highest BCUT2D eigenvalue weighted by atomic mass is 32.1. The third-order valence-corrected chi connectivity index (χ3v) is 5.49. The number of hydrogen-bond donors (Lipinski definition) is 1. The minimum absolute atomic E-state index is 0.0161. The Kier molecular flexibility index (Phi) is 5.39. The van der Waals surface area contributed by atoms with Gasteiger partial charge in [0, 0.05) is 23.1 Å². The molecule has 0 saturated heterocycles. The Bertz CT molecular complexity index is 986. The van der Waals surface area contributed by atoms with Gasteiger partial charge >= 0.3 is 5.97 Å². The highest BCUT2D eigenvalue weighted by Gasteiger charge is 2.22. The molecule has 2 heterocycles. The second-order valence-electron chi connectivity index (χ2n) is 6.51. The van der Waals surface area contributed by atoms with Gasteiger partial charge in [-0.1, -0.05) is 36.4 Å². The monoisotopic (exact) mass is 393 g/mol. The van der Waals surface area contributed by atoms with Crippen molar-refractivity contribution in [1.82, 2.24) is 4.98 Å². The number of carboxylic acids is 1. The van der Waals surface area contributed by atoms with Crippen molar-refractivity contribution in [2.45, 2.75) is 25.2 Å². The van der Waals surface area contributed by atoms with Crippen LogP contribution in [-0.2, 0) is 14.3 Å². The molecule has 0 saturated carbocycles. The SMILES string of the molecule is O=C(O)CC(c1cccc(C2=COC=C(C3=CC=CCC3)O2)c1)c1nccs1. The summed E-state index contributed by atoms with van der Waals surface area (Å²) in [6.07, 6.45) is 12.9. The average Bonchev–Trinajstić information content (AvgIpc) is 3.27. The normalized spacial score (nSPS) is 16.9. The first-order chi connectivity index (χ1) is 13.7. The lowest BCUT2D eigenvalue weighted by atomic mass is 9.94. The molecule has 1 N–H and O–H groups in total. The molecule has 0 radical (unpaired) electrons. The molecule has 0 fully saturated rings. The van der Waals surface area contributed by atoms with E-state index >= 15 is 0 Å². The molecule has 0 spiro atoms. The summed E-state index contributed by atoms with van der Waals surface area (Å²) < 4.78 is 11.6. The van der Waals surface area contributed by atoms with E-state index in [0.717, 1.165) is 34.5 Å². The van der Waals surface area contributed by atoms with Gasteiger partial charge < -0.3 is 14.6 Å². The van der Waals surface area contributed by atoms with Crippen LogP contribution in [0.1, 0.15) is 41.3 Å². The van der Waals surface area contributed by atoms with E-state index in [0.29, 0.717) is 11.5 Å². The number of aliphatic carboxylic acids is 1. The van der Waals surface area contributed by atoms with Crippen LogP contribution in [0.5, 0.6) is 0 Å². The van der Waals surface area contributed by atoms with Gasteiger partial charge in [-0.3, -0.25) is 4.79 Å². The van der Waals surface area contributed by atoms with Crippen molar-refractivity contribution in [2.75, 3.05) is 0 Å². The van der Waals surface area contributed by atoms with Gasteiger partial charge in [0.05, 0.1) is 6.42 Å². The topological polar surface area (TPSA) is 68.7 Å². The summed E-state index contributed by atoms with van der Waals surface area (Å²) in [4.78, 5) is 15.7. The maximum absolute atomic E-state index is 11.4. The molecule has 1 aliphatic heterocycles. The standard InChI is InChI=1S/C22H19NO4S/c24-21(25)12-18(22-23-9-10-28-22)16-7-4-8-17(11-16)20-14-26-13-19(27-20)15-5-2-1-3-6-15/h1-2,4-5,7-11,13-14,18H,3,6,12H2,(H,24,25).